The summed E-state index contributed by atoms with van der Waals surface area (Å²) < 4.78 is 7.08. The van der Waals surface area contributed by atoms with Crippen LogP contribution < -0.4 is 10.4 Å². The summed E-state index contributed by atoms with van der Waals surface area (Å²) in [6.07, 6.45) is 0. The fourth-order valence-corrected chi connectivity index (χ4v) is 2.61. The topological polar surface area (TPSA) is 97.2 Å². The zero-order valence-corrected chi connectivity index (χ0v) is 12.7. The number of thioether (sulfide) groups is 1. The molecule has 106 valence electrons. The van der Waals surface area contributed by atoms with E-state index in [1.807, 2.05) is 0 Å². The molecule has 0 saturated carbocycles. The molecule has 9 heteroatoms. The predicted molar refractivity (Wildman–Crippen MR) is 76.8 cm³/mol. The molecule has 1 aromatic heterocycles. The first-order chi connectivity index (χ1) is 9.52. The largest absolute Gasteiger partial charge is 0.497 e. The van der Waals surface area contributed by atoms with Crippen LogP contribution in [0.25, 0.3) is 5.69 Å². The van der Waals surface area contributed by atoms with Crippen molar-refractivity contribution in [2.75, 3.05) is 12.9 Å². The summed E-state index contributed by atoms with van der Waals surface area (Å²) in [5.41, 5.74) is 0.0721. The maximum Gasteiger partial charge on any atom is 0.348 e. The zero-order chi connectivity index (χ0) is 14.7. The third-order valence-corrected chi connectivity index (χ3v) is 3.95. The molecule has 0 saturated heterocycles. The number of H-pyrrole nitrogens is 1. The molecule has 0 aliphatic heterocycles. The average molecular weight is 360 g/mol. The highest BCUT2D eigenvalue weighted by Crippen LogP contribution is 2.27. The molecular weight excluding hydrogens is 350 g/mol. The number of methoxy groups -OCH3 is 1. The number of ether oxygens (including phenoxy) is 1. The van der Waals surface area contributed by atoms with E-state index in [1.165, 1.54) is 11.7 Å². The third-order valence-electron chi connectivity index (χ3n) is 2.36. The Morgan fingerprint density at radius 2 is 2.35 bits per heavy atom. The molecule has 0 fully saturated rings. The second-order valence-corrected chi connectivity index (χ2v) is 5.44. The van der Waals surface area contributed by atoms with Gasteiger partial charge < -0.3 is 9.84 Å². The van der Waals surface area contributed by atoms with Crippen molar-refractivity contribution in [1.82, 2.24) is 14.8 Å². The maximum absolute atomic E-state index is 11.9. The summed E-state index contributed by atoms with van der Waals surface area (Å²) in [5.74, 6) is -0.599. The third kappa shape index (κ3) is 3.05. The van der Waals surface area contributed by atoms with Crippen molar-refractivity contribution in [3.05, 3.63) is 33.2 Å². The number of aromatic nitrogens is 3. The van der Waals surface area contributed by atoms with Crippen molar-refractivity contribution < 1.29 is 14.6 Å². The van der Waals surface area contributed by atoms with Crippen LogP contribution in [0.5, 0.6) is 5.75 Å². The highest BCUT2D eigenvalue weighted by molar-refractivity contribution is 9.10. The second-order valence-electron chi connectivity index (χ2n) is 3.65. The molecule has 0 atom stereocenters. The number of carboxylic acid groups (broad SMARTS) is 1. The van der Waals surface area contributed by atoms with Crippen LogP contribution in [-0.2, 0) is 4.79 Å². The number of carboxylic acids is 1. The lowest BCUT2D eigenvalue weighted by molar-refractivity contribution is -0.133. The van der Waals surface area contributed by atoms with Gasteiger partial charge in [0.25, 0.3) is 0 Å². The molecule has 2 N–H and O–H groups in total. The molecule has 1 heterocycles. The van der Waals surface area contributed by atoms with E-state index >= 15 is 0 Å². The molecule has 20 heavy (non-hydrogen) atoms. The summed E-state index contributed by atoms with van der Waals surface area (Å²) in [6, 6.07) is 5.13. The Morgan fingerprint density at radius 3 is 3.00 bits per heavy atom. The molecule has 0 aliphatic carbocycles. The Bertz CT molecular complexity index is 697. The van der Waals surface area contributed by atoms with Crippen molar-refractivity contribution >= 4 is 33.7 Å². The molecule has 0 amide bonds. The first-order valence-corrected chi connectivity index (χ1v) is 7.16. The number of halogens is 1. The second kappa shape index (κ2) is 6.14. The van der Waals surface area contributed by atoms with Gasteiger partial charge in [-0.1, -0.05) is 11.8 Å². The molecule has 7 nitrogen and oxygen atoms in total. The maximum atomic E-state index is 11.9. The van der Waals surface area contributed by atoms with Crippen molar-refractivity contribution in [1.29, 1.82) is 0 Å². The standard InChI is InChI=1S/C11H10BrN3O4S/c1-19-6-2-3-7(12)8(4-6)15-10(18)13-14-11(15)20-5-9(16)17/h2-4H,5H2,1H3,(H,13,18)(H,16,17). The number of hydrogen-bond acceptors (Lipinski definition) is 5. The molecule has 0 bridgehead atoms. The number of nitrogens with zero attached hydrogens (tertiary/aromatic N) is 2. The van der Waals surface area contributed by atoms with Crippen LogP contribution in [0.15, 0.2) is 32.6 Å². The highest BCUT2D eigenvalue weighted by Gasteiger charge is 2.15. The number of hydrogen-bond donors (Lipinski definition) is 2. The van der Waals surface area contributed by atoms with E-state index in [0.717, 1.165) is 11.8 Å². The van der Waals surface area contributed by atoms with Crippen molar-refractivity contribution in [3.63, 3.8) is 0 Å². The van der Waals surface area contributed by atoms with E-state index in [0.29, 0.717) is 15.9 Å². The number of aliphatic carboxylic acids is 1. The first kappa shape index (κ1) is 14.7. The molecule has 1 aromatic carbocycles. The Morgan fingerprint density at radius 1 is 1.60 bits per heavy atom. The van der Waals surface area contributed by atoms with Crippen LogP contribution >= 0.6 is 27.7 Å². The Hall–Kier alpha value is -1.74. The highest BCUT2D eigenvalue weighted by atomic mass is 79.9. The molecule has 0 unspecified atom stereocenters. The first-order valence-electron chi connectivity index (χ1n) is 5.39. The van der Waals surface area contributed by atoms with Gasteiger partial charge in [-0.05, 0) is 28.1 Å². The zero-order valence-electron chi connectivity index (χ0n) is 10.3. The predicted octanol–water partition coefficient (Wildman–Crippen LogP) is 1.51. The van der Waals surface area contributed by atoms with Gasteiger partial charge in [-0.2, -0.15) is 0 Å². The number of rotatable bonds is 5. The van der Waals surface area contributed by atoms with Crippen LogP contribution in [0.3, 0.4) is 0 Å². The molecule has 0 radical (unpaired) electrons. The average Bonchev–Trinajstić information content (AvgIpc) is 2.78. The number of aromatic amines is 1. The van der Waals surface area contributed by atoms with Crippen LogP contribution in [0, 0.1) is 0 Å². The van der Waals surface area contributed by atoms with Gasteiger partial charge in [-0.15, -0.1) is 5.10 Å². The van der Waals surface area contributed by atoms with Gasteiger partial charge in [-0.3, -0.25) is 4.79 Å². The van der Waals surface area contributed by atoms with Crippen LogP contribution in [0.4, 0.5) is 0 Å². The number of nitrogens with one attached hydrogen (secondary N) is 1. The Balaban J connectivity index is 2.49. The van der Waals surface area contributed by atoms with Crippen molar-refractivity contribution in [3.8, 4) is 11.4 Å². The van der Waals surface area contributed by atoms with E-state index in [-0.39, 0.29) is 10.9 Å². The van der Waals surface area contributed by atoms with Gasteiger partial charge in [0, 0.05) is 10.5 Å². The molecule has 0 spiro atoms. The monoisotopic (exact) mass is 359 g/mol. The van der Waals surface area contributed by atoms with Crippen LogP contribution in [-0.4, -0.2) is 38.7 Å². The van der Waals surface area contributed by atoms with Gasteiger partial charge in [0.2, 0.25) is 0 Å². The lowest BCUT2D eigenvalue weighted by atomic mass is 10.3. The van der Waals surface area contributed by atoms with Crippen molar-refractivity contribution in [2.24, 2.45) is 0 Å². The van der Waals surface area contributed by atoms with Gasteiger partial charge in [0.1, 0.15) is 5.75 Å². The van der Waals surface area contributed by atoms with Gasteiger partial charge in [0.05, 0.1) is 18.6 Å². The van der Waals surface area contributed by atoms with Gasteiger partial charge in [0.15, 0.2) is 5.16 Å². The van der Waals surface area contributed by atoms with E-state index in [4.69, 9.17) is 9.84 Å². The van der Waals surface area contributed by atoms with E-state index in [1.54, 1.807) is 18.2 Å². The van der Waals surface area contributed by atoms with E-state index in [9.17, 15) is 9.59 Å². The molecular formula is C11H10BrN3O4S. The minimum absolute atomic E-state index is 0.189. The normalized spacial score (nSPS) is 10.5. The smallest absolute Gasteiger partial charge is 0.348 e. The Labute approximate surface area is 126 Å². The fourth-order valence-electron chi connectivity index (χ4n) is 1.51. The summed E-state index contributed by atoms with van der Waals surface area (Å²) in [6.45, 7) is 0. The fraction of sp³-hybridized carbons (Fsp3) is 0.182. The van der Waals surface area contributed by atoms with Crippen LogP contribution in [0.2, 0.25) is 0 Å². The summed E-state index contributed by atoms with van der Waals surface area (Å²) in [5, 5.41) is 15.1. The Kier molecular flexibility index (Phi) is 4.50. The van der Waals surface area contributed by atoms with Crippen molar-refractivity contribution in [2.45, 2.75) is 5.16 Å². The minimum atomic E-state index is -0.985. The number of benzene rings is 1. The quantitative estimate of drug-likeness (QED) is 0.785. The van der Waals surface area contributed by atoms with E-state index in [2.05, 4.69) is 26.1 Å². The molecule has 2 aromatic rings. The SMILES string of the molecule is COc1ccc(Br)c(-n2c(SCC(=O)O)n[nH]c2=O)c1. The number of carbonyl (C=O) groups is 1. The van der Waals surface area contributed by atoms with Gasteiger partial charge >= 0.3 is 11.7 Å². The lowest BCUT2D eigenvalue weighted by Crippen LogP contribution is -2.16. The van der Waals surface area contributed by atoms with Gasteiger partial charge in [-0.25, -0.2) is 14.5 Å². The van der Waals surface area contributed by atoms with E-state index < -0.39 is 11.7 Å². The summed E-state index contributed by atoms with van der Waals surface area (Å²) >= 11 is 4.30. The minimum Gasteiger partial charge on any atom is -0.497 e. The van der Waals surface area contributed by atoms with Crippen LogP contribution in [0.1, 0.15) is 0 Å². The molecule has 0 aliphatic rings. The summed E-state index contributed by atoms with van der Waals surface area (Å²) in [4.78, 5) is 22.5. The lowest BCUT2D eigenvalue weighted by Gasteiger charge is -2.09. The summed E-state index contributed by atoms with van der Waals surface area (Å²) in [7, 11) is 1.52. The molecule has 2 rings (SSSR count).